The molecular formula is C33H96Y-2. The molecule has 0 heterocycles. The average molecular weight is 582 g/mol. The van der Waals surface area contributed by atoms with Gasteiger partial charge in [-0.3, -0.25) is 0 Å². The molecule has 0 bridgehead atoms. The van der Waals surface area contributed by atoms with Crippen LogP contribution in [0.25, 0.3) is 0 Å². The first-order valence-corrected chi connectivity index (χ1v) is 9.74. The molecule has 0 N–H and O–H groups in total. The molecule has 0 aromatic heterocycles. The first kappa shape index (κ1) is 125. The second kappa shape index (κ2) is 188. The molecule has 0 aliphatic rings. The van der Waals surface area contributed by atoms with Gasteiger partial charge in [-0.05, 0) is 0 Å². The largest absolute Gasteiger partial charge is 0.344 e. The van der Waals surface area contributed by atoms with Crippen molar-refractivity contribution in [2.24, 2.45) is 0 Å². The van der Waals surface area contributed by atoms with Crippen molar-refractivity contribution >= 4 is 0 Å². The summed E-state index contributed by atoms with van der Waals surface area (Å²) >= 11 is 0. The third-order valence-corrected chi connectivity index (χ3v) is 2.77. The Morgan fingerprint density at radius 1 is 0.324 bits per heavy atom. The minimum atomic E-state index is 0. The molecule has 34 heavy (non-hydrogen) atoms. The first-order valence-electron chi connectivity index (χ1n) is 9.74. The van der Waals surface area contributed by atoms with Gasteiger partial charge < -0.3 is 13.8 Å². The molecule has 0 aliphatic heterocycles. The van der Waals surface area contributed by atoms with E-state index in [1.165, 1.54) is 70.6 Å². The number of rotatable bonds is 9. The summed E-state index contributed by atoms with van der Waals surface area (Å²) in [5, 5.41) is 0. The summed E-state index contributed by atoms with van der Waals surface area (Å²) in [6, 6.07) is 0. The van der Waals surface area contributed by atoms with Gasteiger partial charge in [0.2, 0.25) is 0 Å². The molecule has 0 atom stereocenters. The molecule has 0 aliphatic carbocycles. The molecule has 0 unspecified atom stereocenters. The standard InChI is InChI=1S/2C6H14.C6H13.C3H7.12CH4.Y/c3*1-3-5-6-4-2;1-3-2;;;;;;;;;;;;;/h2*3-6H2,1-2H3;1,3-6H2,2H3;1,3H2,2H3;12*1H4;/q;;2*-1;;;;;;;;;;;;;. The Morgan fingerprint density at radius 2 is 0.441 bits per heavy atom. The molecule has 0 nitrogen and oxygen atoms in total. The van der Waals surface area contributed by atoms with Crippen LogP contribution in [0.15, 0.2) is 0 Å². The van der Waals surface area contributed by atoms with Gasteiger partial charge in [-0.2, -0.15) is 12.8 Å². The van der Waals surface area contributed by atoms with Gasteiger partial charge in [-0.15, -0.1) is 0 Å². The monoisotopic (exact) mass is 582 g/mol. The first-order chi connectivity index (χ1) is 10.2. The van der Waals surface area contributed by atoms with Gasteiger partial charge in [-0.1, -0.05) is 201 Å². The Balaban J connectivity index is -0.00000000680. The Bertz CT molecular complexity index is 71.7. The van der Waals surface area contributed by atoms with Crippen LogP contribution < -0.4 is 0 Å². The fraction of sp³-hybridized carbons (Fsp3) is 0.939. The summed E-state index contributed by atoms with van der Waals surface area (Å²) in [4.78, 5) is 0. The van der Waals surface area contributed by atoms with E-state index < -0.39 is 0 Å². The van der Waals surface area contributed by atoms with Crippen LogP contribution in [0.3, 0.4) is 0 Å². The summed E-state index contributed by atoms with van der Waals surface area (Å²) in [7, 11) is 0. The number of hydrogen-bond acceptors (Lipinski definition) is 0. The molecule has 1 radical (unpaired) electrons. The van der Waals surface area contributed by atoms with Gasteiger partial charge in [-0.25, -0.2) is 0 Å². The Hall–Kier alpha value is 1.10. The summed E-state index contributed by atoms with van der Waals surface area (Å²) in [6.07, 6.45) is 17.1. The van der Waals surface area contributed by atoms with Gasteiger partial charge in [0, 0.05) is 32.7 Å². The molecule has 1 heteroatoms. The van der Waals surface area contributed by atoms with Crippen LogP contribution in [0, 0.1) is 13.8 Å². The van der Waals surface area contributed by atoms with E-state index in [1.807, 2.05) is 6.92 Å². The van der Waals surface area contributed by atoms with Gasteiger partial charge >= 0.3 is 0 Å². The van der Waals surface area contributed by atoms with Crippen molar-refractivity contribution in [1.82, 2.24) is 0 Å². The van der Waals surface area contributed by atoms with Crippen LogP contribution in [0.1, 0.15) is 214 Å². The fourth-order valence-corrected chi connectivity index (χ4v) is 1.43. The van der Waals surface area contributed by atoms with E-state index in [4.69, 9.17) is 0 Å². The molecule has 0 rings (SSSR count). The zero-order chi connectivity index (χ0) is 17.2. The third-order valence-electron chi connectivity index (χ3n) is 2.77. The van der Waals surface area contributed by atoms with Crippen LogP contribution in [-0.2, 0) is 32.7 Å². The number of unbranched alkanes of at least 4 members (excludes halogenated alkanes) is 9. The Morgan fingerprint density at radius 3 is 0.500 bits per heavy atom. The van der Waals surface area contributed by atoms with Gasteiger partial charge in [0.15, 0.2) is 0 Å². The van der Waals surface area contributed by atoms with E-state index >= 15 is 0 Å². The molecule has 0 fully saturated rings. The van der Waals surface area contributed by atoms with Crippen LogP contribution in [0.2, 0.25) is 0 Å². The molecule has 0 amide bonds. The zero-order valence-electron chi connectivity index (χ0n) is 17.2. The molecule has 0 aromatic rings. The molecule has 0 saturated heterocycles. The Labute approximate surface area is 259 Å². The predicted molar refractivity (Wildman–Crippen MR) is 186 cm³/mol. The SMILES string of the molecule is C.C.C.C.C.C.C.C.C.C.C.C.CCCCCC.CCCCCC.[CH2-]CC.[CH2-]CCCCC.[Y]. The van der Waals surface area contributed by atoms with Crippen molar-refractivity contribution in [3.63, 3.8) is 0 Å². The average Bonchev–Trinajstić information content (AvgIpc) is 2.51. The van der Waals surface area contributed by atoms with Crippen molar-refractivity contribution in [2.75, 3.05) is 0 Å². The second-order valence-corrected chi connectivity index (χ2v) is 5.47. The summed E-state index contributed by atoms with van der Waals surface area (Å²) < 4.78 is 0. The van der Waals surface area contributed by atoms with Crippen molar-refractivity contribution in [3.05, 3.63) is 13.8 Å². The van der Waals surface area contributed by atoms with E-state index in [1.54, 1.807) is 0 Å². The topological polar surface area (TPSA) is 0 Å². The van der Waals surface area contributed by atoms with Crippen molar-refractivity contribution in [3.8, 4) is 0 Å². The summed E-state index contributed by atoms with van der Waals surface area (Å²) in [5.74, 6) is 0. The Kier molecular flexibility index (Phi) is 688. The van der Waals surface area contributed by atoms with Crippen molar-refractivity contribution < 1.29 is 32.7 Å². The van der Waals surface area contributed by atoms with Crippen LogP contribution in [0.4, 0.5) is 0 Å². The van der Waals surface area contributed by atoms with Crippen LogP contribution >= 0.6 is 0 Å². The summed E-state index contributed by atoms with van der Waals surface area (Å²) in [6.45, 7) is 20.4. The second-order valence-electron chi connectivity index (χ2n) is 5.47. The van der Waals surface area contributed by atoms with Gasteiger partial charge in [0.05, 0.1) is 0 Å². The van der Waals surface area contributed by atoms with Gasteiger partial charge in [0.1, 0.15) is 0 Å². The minimum Gasteiger partial charge on any atom is -0.344 e. The molecule has 0 spiro atoms. The van der Waals surface area contributed by atoms with Gasteiger partial charge in [0.25, 0.3) is 0 Å². The normalized spacial score (nSPS) is 5.29. The van der Waals surface area contributed by atoms with E-state index in [-0.39, 0.29) is 122 Å². The third kappa shape index (κ3) is 334. The smallest absolute Gasteiger partial charge is 0 e. The van der Waals surface area contributed by atoms with E-state index in [0.29, 0.717) is 0 Å². The van der Waals surface area contributed by atoms with Crippen LogP contribution in [0.5, 0.6) is 0 Å². The van der Waals surface area contributed by atoms with Crippen molar-refractivity contribution in [2.45, 2.75) is 214 Å². The quantitative estimate of drug-likeness (QED) is 0.188. The van der Waals surface area contributed by atoms with E-state index in [2.05, 4.69) is 48.5 Å². The van der Waals surface area contributed by atoms with E-state index in [0.717, 1.165) is 12.8 Å². The van der Waals surface area contributed by atoms with E-state index in [9.17, 15) is 0 Å². The van der Waals surface area contributed by atoms with Crippen molar-refractivity contribution in [1.29, 1.82) is 0 Å². The zero-order valence-corrected chi connectivity index (χ0v) is 20.0. The predicted octanol–water partition coefficient (Wildman–Crippen LogP) is 16.4. The molecular weight excluding hydrogens is 485 g/mol. The molecule has 0 saturated carbocycles. The molecule has 0 aromatic carbocycles. The summed E-state index contributed by atoms with van der Waals surface area (Å²) in [5.41, 5.74) is 0. The fourth-order valence-electron chi connectivity index (χ4n) is 1.43. The molecule has 233 valence electrons. The minimum absolute atomic E-state index is 0. The maximum Gasteiger partial charge on any atom is 0 e. The maximum absolute atomic E-state index is 3.72. The number of hydrogen-bond donors (Lipinski definition) is 0. The van der Waals surface area contributed by atoms with Crippen LogP contribution in [-0.4, -0.2) is 0 Å². The maximum atomic E-state index is 3.72.